The van der Waals surface area contributed by atoms with Crippen molar-refractivity contribution >= 4 is 34.2 Å². The van der Waals surface area contributed by atoms with Crippen LogP contribution in [-0.2, 0) is 17.8 Å². The number of hydrogen-bond donors (Lipinski definition) is 2. The fourth-order valence-corrected chi connectivity index (χ4v) is 3.62. The second-order valence-electron chi connectivity index (χ2n) is 7.69. The monoisotopic (exact) mass is 459 g/mol. The largest absolute Gasteiger partial charge is 0.489 e. The van der Waals surface area contributed by atoms with Gasteiger partial charge in [-0.3, -0.25) is 4.79 Å². The number of rotatable bonds is 8. The number of carboxylic acids is 1. The van der Waals surface area contributed by atoms with Crippen molar-refractivity contribution in [3.63, 3.8) is 0 Å². The van der Waals surface area contributed by atoms with E-state index in [4.69, 9.17) is 16.3 Å². The first-order valence-corrected chi connectivity index (χ1v) is 10.8. The first kappa shape index (κ1) is 22.4. The van der Waals surface area contributed by atoms with Crippen molar-refractivity contribution in [3.05, 3.63) is 113 Å². The van der Waals surface area contributed by atoms with E-state index in [0.29, 0.717) is 17.2 Å². The van der Waals surface area contributed by atoms with Crippen LogP contribution in [0.2, 0.25) is 5.02 Å². The summed E-state index contributed by atoms with van der Waals surface area (Å²) in [6, 6.07) is 26.6. The molecular weight excluding hydrogens is 438 g/mol. The molecule has 0 fully saturated rings. The van der Waals surface area contributed by atoms with Crippen molar-refractivity contribution in [2.75, 3.05) is 0 Å². The Bertz CT molecular complexity index is 1270. The predicted octanol–water partition coefficient (Wildman–Crippen LogP) is 5.50. The minimum absolute atomic E-state index is 0.161. The highest BCUT2D eigenvalue weighted by Gasteiger charge is 2.21. The van der Waals surface area contributed by atoms with Crippen LogP contribution >= 0.6 is 11.6 Å². The molecule has 166 valence electrons. The number of hydrogen-bond acceptors (Lipinski definition) is 3. The highest BCUT2D eigenvalue weighted by molar-refractivity contribution is 6.30. The number of benzene rings is 4. The lowest BCUT2D eigenvalue weighted by Crippen LogP contribution is -2.42. The molecular formula is C27H22ClNO4. The summed E-state index contributed by atoms with van der Waals surface area (Å²) in [4.78, 5) is 24.5. The molecule has 4 rings (SSSR count). The Morgan fingerprint density at radius 2 is 1.55 bits per heavy atom. The van der Waals surface area contributed by atoms with Gasteiger partial charge >= 0.3 is 5.97 Å². The van der Waals surface area contributed by atoms with Gasteiger partial charge in [-0.05, 0) is 58.3 Å². The highest BCUT2D eigenvalue weighted by atomic mass is 35.5. The number of halogens is 1. The number of aliphatic carboxylic acids is 1. The Kier molecular flexibility index (Phi) is 6.91. The van der Waals surface area contributed by atoms with Crippen LogP contribution in [0.5, 0.6) is 5.75 Å². The summed E-state index contributed by atoms with van der Waals surface area (Å²) in [6.45, 7) is 0.469. The number of ether oxygens (including phenoxy) is 1. The third-order valence-corrected chi connectivity index (χ3v) is 5.53. The van der Waals surface area contributed by atoms with E-state index in [1.54, 1.807) is 36.4 Å². The third kappa shape index (κ3) is 5.90. The molecule has 0 heterocycles. The standard InChI is InChI=1S/C27H22ClNO4/c28-23-11-6-18(7-12-23)14-25(27(31)32)29-26(30)22-9-8-21-16-24(13-10-20(21)15-22)33-17-19-4-2-1-3-5-19/h1-13,15-16,25H,14,17H2,(H,29,30)(H,31,32). The van der Waals surface area contributed by atoms with Gasteiger partial charge in [0, 0.05) is 17.0 Å². The maximum Gasteiger partial charge on any atom is 0.326 e. The maximum atomic E-state index is 12.8. The molecule has 0 saturated heterocycles. The summed E-state index contributed by atoms with van der Waals surface area (Å²) in [7, 11) is 0. The number of amides is 1. The van der Waals surface area contributed by atoms with Crippen molar-refractivity contribution in [2.24, 2.45) is 0 Å². The van der Waals surface area contributed by atoms with Gasteiger partial charge in [-0.15, -0.1) is 0 Å². The summed E-state index contributed by atoms with van der Waals surface area (Å²) < 4.78 is 5.87. The Labute approximate surface area is 196 Å². The Balaban J connectivity index is 1.44. The fourth-order valence-electron chi connectivity index (χ4n) is 3.49. The molecule has 4 aromatic carbocycles. The number of nitrogens with one attached hydrogen (secondary N) is 1. The molecule has 5 nitrogen and oxygen atoms in total. The van der Waals surface area contributed by atoms with Crippen LogP contribution in [0.15, 0.2) is 91.0 Å². The van der Waals surface area contributed by atoms with Gasteiger partial charge in [0.05, 0.1) is 0 Å². The van der Waals surface area contributed by atoms with E-state index in [1.807, 2.05) is 54.6 Å². The van der Waals surface area contributed by atoms with E-state index in [-0.39, 0.29) is 6.42 Å². The lowest BCUT2D eigenvalue weighted by molar-refractivity contribution is -0.139. The van der Waals surface area contributed by atoms with Crippen molar-refractivity contribution < 1.29 is 19.4 Å². The Morgan fingerprint density at radius 1 is 0.848 bits per heavy atom. The van der Waals surface area contributed by atoms with Gasteiger partial charge in [0.1, 0.15) is 18.4 Å². The Morgan fingerprint density at radius 3 is 2.27 bits per heavy atom. The van der Waals surface area contributed by atoms with Gasteiger partial charge in [0.15, 0.2) is 0 Å². The molecule has 0 spiro atoms. The smallest absolute Gasteiger partial charge is 0.326 e. The normalized spacial score (nSPS) is 11.7. The molecule has 0 radical (unpaired) electrons. The van der Waals surface area contributed by atoms with Crippen molar-refractivity contribution in [1.29, 1.82) is 0 Å². The molecule has 4 aromatic rings. The lowest BCUT2D eigenvalue weighted by atomic mass is 10.0. The molecule has 6 heteroatoms. The maximum absolute atomic E-state index is 12.8. The van der Waals surface area contributed by atoms with Crippen molar-refractivity contribution in [3.8, 4) is 5.75 Å². The number of carboxylic acid groups (broad SMARTS) is 1. The van der Waals surface area contributed by atoms with Crippen LogP contribution in [0.1, 0.15) is 21.5 Å². The molecule has 2 N–H and O–H groups in total. The number of carbonyl (C=O) groups excluding carboxylic acids is 1. The summed E-state index contributed by atoms with van der Waals surface area (Å²) >= 11 is 5.88. The molecule has 0 aliphatic carbocycles. The predicted molar refractivity (Wildman–Crippen MR) is 129 cm³/mol. The van der Waals surface area contributed by atoms with Gasteiger partial charge in [-0.2, -0.15) is 0 Å². The summed E-state index contributed by atoms with van der Waals surface area (Å²) in [5, 5.41) is 14.5. The topological polar surface area (TPSA) is 75.6 Å². The zero-order valence-electron chi connectivity index (χ0n) is 17.7. The van der Waals surface area contributed by atoms with Crippen molar-refractivity contribution in [1.82, 2.24) is 5.32 Å². The van der Waals surface area contributed by atoms with E-state index in [1.165, 1.54) is 0 Å². The van der Waals surface area contributed by atoms with Gasteiger partial charge in [0.2, 0.25) is 0 Å². The quantitative estimate of drug-likeness (QED) is 0.365. The van der Waals surface area contributed by atoms with Crippen LogP contribution in [0.3, 0.4) is 0 Å². The SMILES string of the molecule is O=C(NC(Cc1ccc(Cl)cc1)C(=O)O)c1ccc2cc(OCc3ccccc3)ccc2c1. The minimum Gasteiger partial charge on any atom is -0.489 e. The number of fused-ring (bicyclic) bond motifs is 1. The van der Waals surface area contributed by atoms with Gasteiger partial charge in [-0.25, -0.2) is 4.79 Å². The highest BCUT2D eigenvalue weighted by Crippen LogP contribution is 2.23. The van der Waals surface area contributed by atoms with E-state index in [2.05, 4.69) is 5.32 Å². The van der Waals surface area contributed by atoms with Gasteiger partial charge in [0.25, 0.3) is 5.91 Å². The van der Waals surface area contributed by atoms with E-state index in [0.717, 1.165) is 27.6 Å². The van der Waals surface area contributed by atoms with Crippen LogP contribution in [0.25, 0.3) is 10.8 Å². The molecule has 1 amide bonds. The average Bonchev–Trinajstić information content (AvgIpc) is 2.83. The fraction of sp³-hybridized carbons (Fsp3) is 0.111. The molecule has 33 heavy (non-hydrogen) atoms. The first-order valence-electron chi connectivity index (χ1n) is 10.5. The van der Waals surface area contributed by atoms with Gasteiger partial charge < -0.3 is 15.2 Å². The third-order valence-electron chi connectivity index (χ3n) is 5.28. The second kappa shape index (κ2) is 10.2. The van der Waals surface area contributed by atoms with Crippen LogP contribution in [0.4, 0.5) is 0 Å². The molecule has 0 aliphatic heterocycles. The zero-order valence-corrected chi connectivity index (χ0v) is 18.5. The summed E-state index contributed by atoms with van der Waals surface area (Å²) in [6.07, 6.45) is 0.161. The van der Waals surface area contributed by atoms with Gasteiger partial charge in [-0.1, -0.05) is 66.2 Å². The molecule has 0 aliphatic rings. The first-order chi connectivity index (χ1) is 16.0. The molecule has 0 aromatic heterocycles. The summed E-state index contributed by atoms with van der Waals surface area (Å²) in [5.41, 5.74) is 2.24. The molecule has 1 atom stereocenters. The molecule has 0 saturated carbocycles. The van der Waals surface area contributed by atoms with Crippen LogP contribution in [0, 0.1) is 0 Å². The average molecular weight is 460 g/mol. The minimum atomic E-state index is -1.10. The Hall–Kier alpha value is -3.83. The summed E-state index contributed by atoms with van der Waals surface area (Å²) in [5.74, 6) is -0.806. The van der Waals surface area contributed by atoms with Crippen LogP contribution < -0.4 is 10.1 Å². The van der Waals surface area contributed by atoms with Crippen LogP contribution in [-0.4, -0.2) is 23.0 Å². The van der Waals surface area contributed by atoms with Crippen molar-refractivity contribution in [2.45, 2.75) is 19.1 Å². The molecule has 1 unspecified atom stereocenters. The second-order valence-corrected chi connectivity index (χ2v) is 8.13. The van der Waals surface area contributed by atoms with E-state index >= 15 is 0 Å². The number of carbonyl (C=O) groups is 2. The van der Waals surface area contributed by atoms with E-state index in [9.17, 15) is 14.7 Å². The molecule has 0 bridgehead atoms. The lowest BCUT2D eigenvalue weighted by Gasteiger charge is -2.15. The zero-order chi connectivity index (χ0) is 23.2. The van der Waals surface area contributed by atoms with E-state index < -0.39 is 17.9 Å².